The second-order valence-corrected chi connectivity index (χ2v) is 8.71. The first-order valence-electron chi connectivity index (χ1n) is 11.0. The van der Waals surface area contributed by atoms with Gasteiger partial charge in [0.1, 0.15) is 11.9 Å². The van der Waals surface area contributed by atoms with Crippen LogP contribution in [0.5, 0.6) is 0 Å². The van der Waals surface area contributed by atoms with Crippen molar-refractivity contribution in [1.82, 2.24) is 4.90 Å². The number of ether oxygens (including phenoxy) is 2. The minimum absolute atomic E-state index is 0.118. The van der Waals surface area contributed by atoms with E-state index in [-0.39, 0.29) is 17.9 Å². The summed E-state index contributed by atoms with van der Waals surface area (Å²) in [4.78, 5) is 21.1. The van der Waals surface area contributed by atoms with Gasteiger partial charge in [-0.2, -0.15) is 0 Å². The fraction of sp³-hybridized carbons (Fsp3) is 0.652. The third-order valence-electron chi connectivity index (χ3n) is 6.59. The van der Waals surface area contributed by atoms with E-state index in [0.29, 0.717) is 25.4 Å². The van der Waals surface area contributed by atoms with E-state index < -0.39 is 5.41 Å². The Balaban J connectivity index is 1.37. The van der Waals surface area contributed by atoms with Crippen molar-refractivity contribution >= 4 is 11.7 Å². The maximum Gasteiger partial charge on any atom is 0.312 e. The molecule has 0 aromatic heterocycles. The molecule has 3 aliphatic heterocycles. The topological polar surface area (TPSA) is 60.4 Å². The third-order valence-corrected chi connectivity index (χ3v) is 6.59. The van der Waals surface area contributed by atoms with Crippen LogP contribution in [-0.4, -0.2) is 62.1 Å². The standard InChI is InChI=1S/C23H31FN2O4/c1-2-29-22(27)23(8-10-26(11-9-23)15-17-7-12-28-16-17)14-20-13-21(25-30-20)18-3-5-19(24)6-4-18/h3-6,17,20H,2,7-16H2,1H3/t17-,20-/m1/s1. The highest BCUT2D eigenvalue weighted by Gasteiger charge is 2.46. The summed E-state index contributed by atoms with van der Waals surface area (Å²) >= 11 is 0. The van der Waals surface area contributed by atoms with Gasteiger partial charge >= 0.3 is 5.97 Å². The molecule has 3 heterocycles. The maximum absolute atomic E-state index is 13.2. The van der Waals surface area contributed by atoms with Gasteiger partial charge in [0.25, 0.3) is 0 Å². The number of hydrogen-bond donors (Lipinski definition) is 0. The molecule has 0 bridgehead atoms. The number of rotatable bonds is 7. The number of esters is 1. The fourth-order valence-corrected chi connectivity index (χ4v) is 4.82. The number of carbonyl (C=O) groups is 1. The lowest BCUT2D eigenvalue weighted by atomic mass is 9.73. The second-order valence-electron chi connectivity index (χ2n) is 8.71. The van der Waals surface area contributed by atoms with Gasteiger partial charge in [0, 0.05) is 26.0 Å². The molecule has 0 aliphatic carbocycles. The lowest BCUT2D eigenvalue weighted by Crippen LogP contribution is -2.47. The molecule has 6 nitrogen and oxygen atoms in total. The zero-order chi connectivity index (χ0) is 21.0. The van der Waals surface area contributed by atoms with Crippen molar-refractivity contribution in [2.45, 2.75) is 45.1 Å². The van der Waals surface area contributed by atoms with E-state index in [4.69, 9.17) is 14.3 Å². The van der Waals surface area contributed by atoms with E-state index in [9.17, 15) is 9.18 Å². The molecule has 2 saturated heterocycles. The summed E-state index contributed by atoms with van der Waals surface area (Å²) in [5.74, 6) is 0.213. The lowest BCUT2D eigenvalue weighted by molar-refractivity contribution is -0.161. The highest BCUT2D eigenvalue weighted by Crippen LogP contribution is 2.40. The Bertz CT molecular complexity index is 753. The highest BCUT2D eigenvalue weighted by atomic mass is 19.1. The number of halogens is 1. The van der Waals surface area contributed by atoms with Crippen LogP contribution >= 0.6 is 0 Å². The molecule has 4 rings (SSSR count). The van der Waals surface area contributed by atoms with Gasteiger partial charge in [0.2, 0.25) is 0 Å². The van der Waals surface area contributed by atoms with Crippen LogP contribution in [0, 0.1) is 17.2 Å². The van der Waals surface area contributed by atoms with Crippen LogP contribution in [0.3, 0.4) is 0 Å². The Morgan fingerprint density at radius 1 is 1.30 bits per heavy atom. The van der Waals surface area contributed by atoms with Crippen LogP contribution in [-0.2, 0) is 19.1 Å². The average molecular weight is 419 g/mol. The van der Waals surface area contributed by atoms with Crippen molar-refractivity contribution in [2.24, 2.45) is 16.5 Å². The number of benzene rings is 1. The van der Waals surface area contributed by atoms with Gasteiger partial charge < -0.3 is 19.2 Å². The molecule has 30 heavy (non-hydrogen) atoms. The number of hydrogen-bond acceptors (Lipinski definition) is 6. The van der Waals surface area contributed by atoms with E-state index in [1.807, 2.05) is 6.92 Å². The molecule has 2 fully saturated rings. The summed E-state index contributed by atoms with van der Waals surface area (Å²) in [6, 6.07) is 6.28. The quantitative estimate of drug-likeness (QED) is 0.636. The minimum Gasteiger partial charge on any atom is -0.466 e. The number of oxime groups is 1. The van der Waals surface area contributed by atoms with Crippen molar-refractivity contribution in [3.63, 3.8) is 0 Å². The Morgan fingerprint density at radius 3 is 2.73 bits per heavy atom. The zero-order valence-electron chi connectivity index (χ0n) is 17.6. The molecule has 0 unspecified atom stereocenters. The monoisotopic (exact) mass is 418 g/mol. The summed E-state index contributed by atoms with van der Waals surface area (Å²) in [7, 11) is 0. The molecule has 0 spiro atoms. The van der Waals surface area contributed by atoms with Gasteiger partial charge in [-0.15, -0.1) is 0 Å². The molecule has 0 radical (unpaired) electrons. The Hall–Kier alpha value is -1.99. The summed E-state index contributed by atoms with van der Waals surface area (Å²) in [5, 5.41) is 4.22. The molecule has 2 atom stereocenters. The zero-order valence-corrected chi connectivity index (χ0v) is 17.6. The first kappa shape index (κ1) is 21.2. The predicted octanol–water partition coefficient (Wildman–Crippen LogP) is 3.39. The van der Waals surface area contributed by atoms with Gasteiger partial charge in [-0.3, -0.25) is 4.79 Å². The van der Waals surface area contributed by atoms with Crippen LogP contribution in [0.15, 0.2) is 29.4 Å². The lowest BCUT2D eigenvalue weighted by Gasteiger charge is -2.41. The molecule has 0 saturated carbocycles. The number of piperidine rings is 1. The van der Waals surface area contributed by atoms with Crippen molar-refractivity contribution in [3.05, 3.63) is 35.6 Å². The number of carbonyl (C=O) groups excluding carboxylic acids is 1. The van der Waals surface area contributed by atoms with E-state index in [2.05, 4.69) is 10.1 Å². The summed E-state index contributed by atoms with van der Waals surface area (Å²) in [6.45, 7) is 6.74. The molecule has 7 heteroatoms. The van der Waals surface area contributed by atoms with E-state index >= 15 is 0 Å². The molecular formula is C23H31FN2O4. The van der Waals surface area contributed by atoms with Crippen LogP contribution < -0.4 is 0 Å². The Morgan fingerprint density at radius 2 is 2.07 bits per heavy atom. The molecular weight excluding hydrogens is 387 g/mol. The normalized spacial score (nSPS) is 26.3. The van der Waals surface area contributed by atoms with Gasteiger partial charge in [-0.05, 0) is 62.9 Å². The van der Waals surface area contributed by atoms with Crippen LogP contribution in [0.2, 0.25) is 0 Å². The van der Waals surface area contributed by atoms with Crippen molar-refractivity contribution in [2.75, 3.05) is 39.5 Å². The molecule has 1 aromatic carbocycles. The van der Waals surface area contributed by atoms with Crippen LogP contribution in [0.4, 0.5) is 4.39 Å². The molecule has 0 amide bonds. The van der Waals surface area contributed by atoms with Gasteiger partial charge in [-0.25, -0.2) is 4.39 Å². The predicted molar refractivity (Wildman–Crippen MR) is 111 cm³/mol. The Kier molecular flexibility index (Phi) is 6.68. The summed E-state index contributed by atoms with van der Waals surface area (Å²) < 4.78 is 24.2. The second kappa shape index (κ2) is 9.43. The average Bonchev–Trinajstić information content (AvgIpc) is 3.42. The first-order valence-corrected chi connectivity index (χ1v) is 11.0. The molecule has 1 aromatic rings. The fourth-order valence-electron chi connectivity index (χ4n) is 4.82. The van der Waals surface area contributed by atoms with Crippen molar-refractivity contribution in [3.8, 4) is 0 Å². The van der Waals surface area contributed by atoms with Gasteiger partial charge in [0.05, 0.1) is 24.3 Å². The SMILES string of the molecule is CCOC(=O)C1(C[C@H]2CC(c3ccc(F)cc3)=NO2)CCN(C[C@H]2CCOC2)CC1. The van der Waals surface area contributed by atoms with Crippen LogP contribution in [0.25, 0.3) is 0 Å². The van der Waals surface area contributed by atoms with Gasteiger partial charge in [-0.1, -0.05) is 17.3 Å². The van der Waals surface area contributed by atoms with E-state index in [1.165, 1.54) is 12.1 Å². The minimum atomic E-state index is -0.531. The molecule has 0 N–H and O–H groups in total. The highest BCUT2D eigenvalue weighted by molar-refractivity contribution is 6.01. The maximum atomic E-state index is 13.2. The van der Waals surface area contributed by atoms with Crippen molar-refractivity contribution in [1.29, 1.82) is 0 Å². The number of nitrogens with zero attached hydrogens (tertiary/aromatic N) is 2. The van der Waals surface area contributed by atoms with E-state index in [1.54, 1.807) is 12.1 Å². The molecule has 3 aliphatic rings. The van der Waals surface area contributed by atoms with Crippen molar-refractivity contribution < 1.29 is 23.5 Å². The number of likely N-dealkylation sites (tertiary alicyclic amines) is 1. The van der Waals surface area contributed by atoms with Gasteiger partial charge in [0.15, 0.2) is 0 Å². The first-order chi connectivity index (χ1) is 14.6. The Labute approximate surface area is 177 Å². The van der Waals surface area contributed by atoms with E-state index in [0.717, 1.165) is 63.4 Å². The summed E-state index contributed by atoms with van der Waals surface area (Å²) in [6.07, 6.45) is 3.72. The smallest absolute Gasteiger partial charge is 0.312 e. The largest absolute Gasteiger partial charge is 0.466 e. The summed E-state index contributed by atoms with van der Waals surface area (Å²) in [5.41, 5.74) is 1.13. The molecule has 164 valence electrons. The van der Waals surface area contributed by atoms with Crippen LogP contribution in [0.1, 0.15) is 44.6 Å². The third kappa shape index (κ3) is 4.83.